The Balaban J connectivity index is 1.63. The second kappa shape index (κ2) is 16.5. The predicted octanol–water partition coefficient (Wildman–Crippen LogP) is 7.40. The summed E-state index contributed by atoms with van der Waals surface area (Å²) in [6.45, 7) is 0.555. The van der Waals surface area contributed by atoms with E-state index in [1.165, 1.54) is 7.11 Å². The molecule has 11 nitrogen and oxygen atoms in total. The molecule has 1 amide bonds. The molecule has 254 valence electrons. The number of nitrogens with zero attached hydrogens (tertiary/aromatic N) is 4. The van der Waals surface area contributed by atoms with E-state index in [1.807, 2.05) is 36.4 Å². The van der Waals surface area contributed by atoms with E-state index in [0.29, 0.717) is 57.0 Å². The zero-order chi connectivity index (χ0) is 34.8. The Labute approximate surface area is 294 Å². The topological polar surface area (TPSA) is 147 Å². The van der Waals surface area contributed by atoms with Gasteiger partial charge in [-0.25, -0.2) is 4.99 Å². The third kappa shape index (κ3) is 8.04. The van der Waals surface area contributed by atoms with Crippen molar-refractivity contribution in [1.29, 1.82) is 0 Å². The van der Waals surface area contributed by atoms with Gasteiger partial charge in [-0.2, -0.15) is 0 Å². The number of ether oxygens (including phenoxy) is 4. The van der Waals surface area contributed by atoms with Crippen LogP contribution in [0.2, 0.25) is 10.0 Å². The van der Waals surface area contributed by atoms with Crippen molar-refractivity contribution in [3.63, 3.8) is 0 Å². The monoisotopic (exact) mass is 703 g/mol. The number of hydrogen-bond donors (Lipinski definition) is 2. The van der Waals surface area contributed by atoms with Crippen molar-refractivity contribution in [2.45, 2.75) is 37.6 Å². The molecule has 4 aromatic carbocycles. The third-order valence-electron chi connectivity index (χ3n) is 8.08. The van der Waals surface area contributed by atoms with E-state index in [2.05, 4.69) is 15.3 Å². The fourth-order valence-corrected chi connectivity index (χ4v) is 6.18. The van der Waals surface area contributed by atoms with Crippen LogP contribution in [0.3, 0.4) is 0 Å². The van der Waals surface area contributed by atoms with E-state index >= 15 is 0 Å². The van der Waals surface area contributed by atoms with E-state index in [1.54, 1.807) is 55.6 Å². The summed E-state index contributed by atoms with van der Waals surface area (Å²) < 4.78 is 23.4. The van der Waals surface area contributed by atoms with Crippen LogP contribution in [0.5, 0.6) is 17.2 Å². The molecule has 0 aliphatic carbocycles. The number of aliphatic imine (C=N–C) groups is 1. The van der Waals surface area contributed by atoms with E-state index < -0.39 is 17.6 Å². The smallest absolute Gasteiger partial charge is 0.252 e. The molecular weight excluding hydrogens is 669 g/mol. The number of aliphatic hydroxyl groups excluding tert-OH is 1. The van der Waals surface area contributed by atoms with Crippen molar-refractivity contribution in [2.24, 2.45) is 10.1 Å². The maximum atomic E-state index is 14.8. The summed E-state index contributed by atoms with van der Waals surface area (Å²) in [5, 5.41) is 16.7. The van der Waals surface area contributed by atoms with Gasteiger partial charge in [-0.15, -0.1) is 0 Å². The van der Waals surface area contributed by atoms with Gasteiger partial charge in [-0.1, -0.05) is 70.8 Å². The molecule has 5 rings (SSSR count). The largest absolute Gasteiger partial charge is 0.494 e. The predicted molar refractivity (Wildman–Crippen MR) is 188 cm³/mol. The van der Waals surface area contributed by atoms with Gasteiger partial charge in [0.15, 0.2) is 23.1 Å². The van der Waals surface area contributed by atoms with Gasteiger partial charge in [0.1, 0.15) is 5.75 Å². The highest BCUT2D eigenvalue weighted by atomic mass is 35.5. The minimum absolute atomic E-state index is 0.0259. The standard InChI is InChI=1S/C36H35Cl2N5O6/c1-46-31-10-5-9-26(32(31)47-2)21-40-35(45)36(20-24-7-3-4-8-25(24)22-41-43-39)33(29-16-13-27(37)19-30(29)38)49-34(42-36)23-11-14-28(15-12-23)48-18-6-17-44/h3-5,7-16,19,33,44H,6,17-18,20-22H2,1-2H3,(H,40,45)/t33-,36-/m1/s1. The zero-order valence-electron chi connectivity index (χ0n) is 26.9. The van der Waals surface area contributed by atoms with Crippen LogP contribution in [-0.2, 0) is 29.0 Å². The Morgan fingerprint density at radius 1 is 1.02 bits per heavy atom. The van der Waals surface area contributed by atoms with Crippen LogP contribution < -0.4 is 19.5 Å². The summed E-state index contributed by atoms with van der Waals surface area (Å²) >= 11 is 13.1. The molecule has 0 unspecified atom stereocenters. The normalized spacial score (nSPS) is 16.6. The van der Waals surface area contributed by atoms with Crippen molar-refractivity contribution in [1.82, 2.24) is 5.32 Å². The number of azide groups is 1. The summed E-state index contributed by atoms with van der Waals surface area (Å²) in [6, 6.07) is 24.9. The van der Waals surface area contributed by atoms with Gasteiger partial charge in [-0.05, 0) is 59.1 Å². The van der Waals surface area contributed by atoms with Crippen LogP contribution >= 0.6 is 23.2 Å². The molecule has 0 bridgehead atoms. The van der Waals surface area contributed by atoms with E-state index in [0.717, 1.165) is 11.1 Å². The van der Waals surface area contributed by atoms with Crippen molar-refractivity contribution in [3.8, 4) is 17.2 Å². The van der Waals surface area contributed by atoms with Crippen molar-refractivity contribution < 1.29 is 28.8 Å². The van der Waals surface area contributed by atoms with Crippen molar-refractivity contribution in [2.75, 3.05) is 27.4 Å². The minimum Gasteiger partial charge on any atom is -0.494 e. The number of benzene rings is 4. The number of aliphatic hydroxyl groups is 1. The first kappa shape index (κ1) is 35.4. The van der Waals surface area contributed by atoms with Gasteiger partial charge in [0, 0.05) is 57.6 Å². The lowest BCUT2D eigenvalue weighted by atomic mass is 9.80. The summed E-state index contributed by atoms with van der Waals surface area (Å²) in [7, 11) is 3.08. The Kier molecular flexibility index (Phi) is 11.9. The lowest BCUT2D eigenvalue weighted by Crippen LogP contribution is -2.50. The van der Waals surface area contributed by atoms with Crippen molar-refractivity contribution >= 4 is 35.0 Å². The van der Waals surface area contributed by atoms with E-state index in [4.69, 9.17) is 57.8 Å². The van der Waals surface area contributed by atoms with E-state index in [9.17, 15) is 4.79 Å². The highest BCUT2D eigenvalue weighted by Crippen LogP contribution is 2.45. The van der Waals surface area contributed by atoms with Crippen LogP contribution in [0.4, 0.5) is 0 Å². The molecule has 1 heterocycles. The molecule has 0 saturated heterocycles. The molecule has 0 fully saturated rings. The number of rotatable bonds is 15. The molecule has 49 heavy (non-hydrogen) atoms. The van der Waals surface area contributed by atoms with Crippen molar-refractivity contribution in [3.05, 3.63) is 133 Å². The highest BCUT2D eigenvalue weighted by Gasteiger charge is 2.54. The van der Waals surface area contributed by atoms with Crippen LogP contribution in [0.1, 0.15) is 40.3 Å². The fourth-order valence-electron chi connectivity index (χ4n) is 5.68. The average Bonchev–Trinajstić information content (AvgIpc) is 3.50. The first-order valence-corrected chi connectivity index (χ1v) is 16.2. The van der Waals surface area contributed by atoms with Crippen LogP contribution in [0.25, 0.3) is 10.4 Å². The maximum absolute atomic E-state index is 14.8. The average molecular weight is 705 g/mol. The minimum atomic E-state index is -1.60. The molecule has 2 N–H and O–H groups in total. The Bertz CT molecular complexity index is 1870. The lowest BCUT2D eigenvalue weighted by Gasteiger charge is -2.32. The second-order valence-corrected chi connectivity index (χ2v) is 12.0. The molecule has 0 saturated carbocycles. The molecule has 1 aliphatic heterocycles. The number of methoxy groups -OCH3 is 2. The Morgan fingerprint density at radius 2 is 1.78 bits per heavy atom. The number of carbonyl (C=O) groups is 1. The Morgan fingerprint density at radius 3 is 2.47 bits per heavy atom. The molecule has 13 heteroatoms. The SMILES string of the molecule is COc1cccc(CNC(=O)[C@]2(Cc3ccccc3CN=[N+]=[N-])N=C(c3ccc(OCCCO)cc3)O[C@@H]2c2ccc(Cl)cc2Cl)c1OC. The number of amides is 1. The van der Waals surface area contributed by atoms with Gasteiger partial charge in [0.05, 0.1) is 27.4 Å². The number of halogens is 2. The number of hydrogen-bond acceptors (Lipinski definition) is 8. The summed E-state index contributed by atoms with van der Waals surface area (Å²) in [6.07, 6.45) is -0.421. The number of para-hydroxylation sites is 1. The first-order chi connectivity index (χ1) is 23.8. The van der Waals surface area contributed by atoms with Gasteiger partial charge >= 0.3 is 0 Å². The molecule has 0 spiro atoms. The first-order valence-electron chi connectivity index (χ1n) is 15.4. The van der Waals surface area contributed by atoms with Gasteiger partial charge in [0.2, 0.25) is 5.90 Å². The second-order valence-electron chi connectivity index (χ2n) is 11.1. The molecule has 1 aliphatic rings. The third-order valence-corrected chi connectivity index (χ3v) is 8.64. The van der Waals surface area contributed by atoms with Crippen LogP contribution in [-0.4, -0.2) is 49.9 Å². The summed E-state index contributed by atoms with van der Waals surface area (Å²) in [4.78, 5) is 22.8. The highest BCUT2D eigenvalue weighted by molar-refractivity contribution is 6.35. The summed E-state index contributed by atoms with van der Waals surface area (Å²) in [5.74, 6) is 1.40. The van der Waals surface area contributed by atoms with Crippen LogP contribution in [0, 0.1) is 0 Å². The lowest BCUT2D eigenvalue weighted by molar-refractivity contribution is -0.129. The fraction of sp³-hybridized carbons (Fsp3) is 0.278. The molecular formula is C36H35Cl2N5O6. The molecule has 0 radical (unpaired) electrons. The molecule has 0 aromatic heterocycles. The zero-order valence-corrected chi connectivity index (χ0v) is 28.4. The quantitative estimate of drug-likeness (QED) is 0.0571. The van der Waals surface area contributed by atoms with Gasteiger partial charge in [0.25, 0.3) is 5.91 Å². The van der Waals surface area contributed by atoms with Gasteiger partial charge < -0.3 is 29.4 Å². The van der Waals surface area contributed by atoms with Gasteiger partial charge in [-0.3, -0.25) is 4.79 Å². The Hall–Kier alpha value is -4.93. The molecule has 2 atom stereocenters. The van der Waals surface area contributed by atoms with E-state index in [-0.39, 0.29) is 32.0 Å². The van der Waals surface area contributed by atoms with Crippen LogP contribution in [0.15, 0.2) is 95.0 Å². The summed E-state index contributed by atoms with van der Waals surface area (Å²) in [5.41, 5.74) is 10.8. The number of nitrogens with one attached hydrogen (secondary N) is 1. The maximum Gasteiger partial charge on any atom is 0.252 e. The number of carbonyl (C=O) groups excluding carboxylic acids is 1. The molecule has 4 aromatic rings.